The summed E-state index contributed by atoms with van der Waals surface area (Å²) in [5, 5.41) is 6.58. The summed E-state index contributed by atoms with van der Waals surface area (Å²) in [4.78, 5) is 14.9. The van der Waals surface area contributed by atoms with E-state index in [1.165, 1.54) is 10.8 Å². The minimum Gasteiger partial charge on any atom is -0.455 e. The van der Waals surface area contributed by atoms with Gasteiger partial charge in [-0.1, -0.05) is 146 Å². The molecule has 0 N–H and O–H groups in total. The van der Waals surface area contributed by atoms with Crippen LogP contribution in [0.4, 0.5) is 0 Å². The molecule has 0 bridgehead atoms. The van der Waals surface area contributed by atoms with Gasteiger partial charge in [-0.2, -0.15) is 0 Å². The molecule has 0 atom stereocenters. The SMILES string of the molecule is c1ccc(-c2nc(-c3ccccc3)nc(-c3cccc4c3oc3cc(-c5cccc6c5oc5c(-n7c8ccccc8c8ccccc87)cccc56)ccc34)n2)cc1. The topological polar surface area (TPSA) is 69.9 Å². The Hall–Kier alpha value is -7.83. The third-order valence-electron chi connectivity index (χ3n) is 11.1. The van der Waals surface area contributed by atoms with Gasteiger partial charge in [0.1, 0.15) is 16.7 Å². The van der Waals surface area contributed by atoms with Gasteiger partial charge in [-0.25, -0.2) is 15.0 Å². The zero-order chi connectivity index (χ0) is 37.5. The molecule has 12 rings (SSSR count). The molecule has 0 saturated heterocycles. The fourth-order valence-electron chi connectivity index (χ4n) is 8.46. The minimum atomic E-state index is 0.554. The molecule has 4 heterocycles. The Bertz CT molecular complexity index is 3410. The van der Waals surface area contributed by atoms with Crippen molar-refractivity contribution < 1.29 is 8.83 Å². The predicted octanol–water partition coefficient (Wildman–Crippen LogP) is 13.4. The second-order valence-electron chi connectivity index (χ2n) is 14.3. The van der Waals surface area contributed by atoms with E-state index in [1.807, 2.05) is 72.8 Å². The summed E-state index contributed by atoms with van der Waals surface area (Å²) in [5.41, 5.74) is 11.1. The van der Waals surface area contributed by atoms with Gasteiger partial charge in [0, 0.05) is 49.0 Å². The molecule has 266 valence electrons. The molecular weight excluding hydrogens is 701 g/mol. The van der Waals surface area contributed by atoms with Crippen molar-refractivity contribution in [2.75, 3.05) is 0 Å². The number of hydrogen-bond acceptors (Lipinski definition) is 5. The number of para-hydroxylation sites is 5. The van der Waals surface area contributed by atoms with E-state index in [-0.39, 0.29) is 0 Å². The molecule has 0 unspecified atom stereocenters. The average Bonchev–Trinajstić information content (AvgIpc) is 3.96. The molecule has 0 spiro atoms. The van der Waals surface area contributed by atoms with E-state index < -0.39 is 0 Å². The van der Waals surface area contributed by atoms with E-state index in [4.69, 9.17) is 23.8 Å². The van der Waals surface area contributed by atoms with Gasteiger partial charge in [0.2, 0.25) is 0 Å². The monoisotopic (exact) mass is 730 g/mol. The normalized spacial score (nSPS) is 11.9. The van der Waals surface area contributed by atoms with Crippen molar-refractivity contribution in [1.29, 1.82) is 0 Å². The van der Waals surface area contributed by atoms with Gasteiger partial charge < -0.3 is 13.4 Å². The Labute approximate surface area is 325 Å². The second-order valence-corrected chi connectivity index (χ2v) is 14.3. The molecule has 0 saturated carbocycles. The fraction of sp³-hybridized carbons (Fsp3) is 0. The molecule has 6 heteroatoms. The van der Waals surface area contributed by atoms with E-state index in [0.717, 1.165) is 88.4 Å². The van der Waals surface area contributed by atoms with Crippen LogP contribution in [0.5, 0.6) is 0 Å². The largest absolute Gasteiger partial charge is 0.455 e. The third-order valence-corrected chi connectivity index (χ3v) is 11.1. The van der Waals surface area contributed by atoms with Crippen LogP contribution in [0, 0.1) is 0 Å². The lowest BCUT2D eigenvalue weighted by molar-refractivity contribution is 0.667. The molecular formula is C51H30N4O2. The minimum absolute atomic E-state index is 0.554. The average molecular weight is 731 g/mol. The Kier molecular flexibility index (Phi) is 6.83. The van der Waals surface area contributed by atoms with Crippen molar-refractivity contribution in [3.05, 3.63) is 182 Å². The smallest absolute Gasteiger partial charge is 0.167 e. The maximum absolute atomic E-state index is 6.96. The molecule has 0 amide bonds. The first-order chi connectivity index (χ1) is 28.3. The Morgan fingerprint density at radius 2 is 0.842 bits per heavy atom. The number of furan rings is 2. The van der Waals surface area contributed by atoms with E-state index in [0.29, 0.717) is 17.5 Å². The summed E-state index contributed by atoms with van der Waals surface area (Å²) in [7, 11) is 0. The number of nitrogens with zero attached hydrogens (tertiary/aromatic N) is 4. The van der Waals surface area contributed by atoms with Gasteiger partial charge >= 0.3 is 0 Å². The van der Waals surface area contributed by atoms with Crippen LogP contribution in [0.2, 0.25) is 0 Å². The summed E-state index contributed by atoms with van der Waals surface area (Å²) in [6, 6.07) is 62.6. The Balaban J connectivity index is 1.02. The molecule has 8 aromatic carbocycles. The molecule has 12 aromatic rings. The molecule has 0 aliphatic heterocycles. The first kappa shape index (κ1) is 31.5. The summed E-state index contributed by atoms with van der Waals surface area (Å²) in [5.74, 6) is 1.77. The molecule has 0 radical (unpaired) electrons. The van der Waals surface area contributed by atoms with Crippen molar-refractivity contribution in [3.63, 3.8) is 0 Å². The third kappa shape index (κ3) is 4.87. The quantitative estimate of drug-likeness (QED) is 0.176. The molecule has 6 nitrogen and oxygen atoms in total. The Morgan fingerprint density at radius 1 is 0.333 bits per heavy atom. The van der Waals surface area contributed by atoms with Crippen molar-refractivity contribution in [3.8, 4) is 51.0 Å². The molecule has 0 aliphatic carbocycles. The molecule has 0 fully saturated rings. The van der Waals surface area contributed by atoms with Crippen molar-refractivity contribution in [2.24, 2.45) is 0 Å². The highest BCUT2D eigenvalue weighted by molar-refractivity contribution is 6.15. The van der Waals surface area contributed by atoms with Crippen LogP contribution in [0.1, 0.15) is 0 Å². The van der Waals surface area contributed by atoms with Gasteiger partial charge in [0.25, 0.3) is 0 Å². The summed E-state index contributed by atoms with van der Waals surface area (Å²) in [6.45, 7) is 0. The zero-order valence-corrected chi connectivity index (χ0v) is 30.4. The zero-order valence-electron chi connectivity index (χ0n) is 30.4. The van der Waals surface area contributed by atoms with E-state index in [9.17, 15) is 0 Å². The van der Waals surface area contributed by atoms with E-state index in [1.54, 1.807) is 0 Å². The number of rotatable bonds is 5. The van der Waals surface area contributed by atoms with E-state index >= 15 is 0 Å². The van der Waals surface area contributed by atoms with Gasteiger partial charge in [0.15, 0.2) is 23.1 Å². The van der Waals surface area contributed by atoms with Crippen molar-refractivity contribution in [1.82, 2.24) is 19.5 Å². The summed E-state index contributed by atoms with van der Waals surface area (Å²) < 4.78 is 16.1. The highest BCUT2D eigenvalue weighted by Gasteiger charge is 2.21. The predicted molar refractivity (Wildman–Crippen MR) is 230 cm³/mol. The van der Waals surface area contributed by atoms with Crippen molar-refractivity contribution in [2.45, 2.75) is 0 Å². The number of hydrogen-bond donors (Lipinski definition) is 0. The second kappa shape index (κ2) is 12.3. The van der Waals surface area contributed by atoms with Crippen LogP contribution in [0.15, 0.2) is 191 Å². The van der Waals surface area contributed by atoms with Crippen LogP contribution in [-0.4, -0.2) is 19.5 Å². The van der Waals surface area contributed by atoms with Crippen LogP contribution < -0.4 is 0 Å². The molecule has 4 aromatic heterocycles. The maximum atomic E-state index is 6.96. The van der Waals surface area contributed by atoms with Gasteiger partial charge in [0.05, 0.1) is 22.3 Å². The van der Waals surface area contributed by atoms with Crippen molar-refractivity contribution >= 4 is 65.7 Å². The van der Waals surface area contributed by atoms with Crippen LogP contribution in [0.3, 0.4) is 0 Å². The molecule has 57 heavy (non-hydrogen) atoms. The fourth-order valence-corrected chi connectivity index (χ4v) is 8.46. The lowest BCUT2D eigenvalue weighted by Gasteiger charge is -2.08. The summed E-state index contributed by atoms with van der Waals surface area (Å²) >= 11 is 0. The van der Waals surface area contributed by atoms with Crippen LogP contribution in [0.25, 0.3) is 117 Å². The number of aromatic nitrogens is 4. The van der Waals surface area contributed by atoms with E-state index in [2.05, 4.69) is 114 Å². The van der Waals surface area contributed by atoms with Gasteiger partial charge in [-0.05, 0) is 42.0 Å². The first-order valence-corrected chi connectivity index (χ1v) is 19.0. The molecule has 0 aliphatic rings. The maximum Gasteiger partial charge on any atom is 0.167 e. The Morgan fingerprint density at radius 3 is 1.51 bits per heavy atom. The number of benzene rings is 8. The highest BCUT2D eigenvalue weighted by atomic mass is 16.3. The standard InChI is InChI=1S/C51H30N4O2/c1-3-14-31(15-4-1)49-52-50(32-16-5-2-6-17-32)54-51(53-49)41-24-12-21-38-37-29-28-33(30-45(37)56-47(38)41)34-20-11-22-39-40-23-13-27-44(48(40)57-46(34)39)55-42-25-9-7-18-35(42)36-19-8-10-26-43(36)55/h1-30H. The first-order valence-electron chi connectivity index (χ1n) is 19.0. The highest BCUT2D eigenvalue weighted by Crippen LogP contribution is 2.42. The van der Waals surface area contributed by atoms with Crippen LogP contribution in [-0.2, 0) is 0 Å². The summed E-state index contributed by atoms with van der Waals surface area (Å²) in [6.07, 6.45) is 0. The number of fused-ring (bicyclic) bond motifs is 9. The lowest BCUT2D eigenvalue weighted by atomic mass is 10.0. The van der Waals surface area contributed by atoms with Gasteiger partial charge in [-0.15, -0.1) is 0 Å². The lowest BCUT2D eigenvalue weighted by Crippen LogP contribution is -2.00. The van der Waals surface area contributed by atoms with Gasteiger partial charge in [-0.3, -0.25) is 0 Å². The van der Waals surface area contributed by atoms with Crippen LogP contribution >= 0.6 is 0 Å².